The molecular formula is C18H19N3O4S. The summed E-state index contributed by atoms with van der Waals surface area (Å²) in [7, 11) is 1.25. The Kier molecular flexibility index (Phi) is 5.41. The molecule has 1 aromatic carbocycles. The number of carbonyl (C=O) groups is 2. The Hall–Kier alpha value is -2.61. The number of fused-ring (bicyclic) bond motifs is 1. The number of amides is 1. The normalized spacial score (nSPS) is 12.5. The average molecular weight is 373 g/mol. The van der Waals surface area contributed by atoms with Crippen molar-refractivity contribution >= 4 is 29.3 Å². The van der Waals surface area contributed by atoms with E-state index in [4.69, 9.17) is 4.74 Å². The summed E-state index contributed by atoms with van der Waals surface area (Å²) < 4.78 is 4.73. The lowest BCUT2D eigenvalue weighted by Gasteiger charge is -2.10. The van der Waals surface area contributed by atoms with Gasteiger partial charge in [-0.15, -0.1) is 0 Å². The number of carbonyl (C=O) groups excluding carboxylic acids is 2. The molecule has 3 rings (SSSR count). The monoisotopic (exact) mass is 373 g/mol. The first-order valence-electron chi connectivity index (χ1n) is 8.21. The first-order chi connectivity index (χ1) is 12.5. The molecule has 0 spiro atoms. The summed E-state index contributed by atoms with van der Waals surface area (Å²) in [5, 5.41) is 3.03. The van der Waals surface area contributed by atoms with Crippen LogP contribution in [0.3, 0.4) is 0 Å². The van der Waals surface area contributed by atoms with Gasteiger partial charge in [0.05, 0.1) is 12.9 Å². The molecule has 1 aliphatic carbocycles. The highest BCUT2D eigenvalue weighted by Crippen LogP contribution is 2.26. The molecule has 0 saturated carbocycles. The number of esters is 1. The third-order valence-electron chi connectivity index (χ3n) is 4.20. The quantitative estimate of drug-likeness (QED) is 0.473. The van der Waals surface area contributed by atoms with Gasteiger partial charge >= 0.3 is 11.7 Å². The SMILES string of the molecule is COC(=O)c1c(SCC(=O)Nc2ccc3c(c2)CCC3)nc(=O)[nH]c1C. The topological polar surface area (TPSA) is 101 Å². The molecule has 0 atom stereocenters. The van der Waals surface area contributed by atoms with E-state index in [9.17, 15) is 14.4 Å². The van der Waals surface area contributed by atoms with E-state index in [0.717, 1.165) is 36.7 Å². The number of methoxy groups -OCH3 is 1. The number of hydrogen-bond acceptors (Lipinski definition) is 6. The summed E-state index contributed by atoms with van der Waals surface area (Å²) in [6.45, 7) is 1.59. The first-order valence-corrected chi connectivity index (χ1v) is 9.20. The van der Waals surface area contributed by atoms with Crippen LogP contribution in [-0.4, -0.2) is 34.7 Å². The minimum atomic E-state index is -0.604. The zero-order valence-corrected chi connectivity index (χ0v) is 15.4. The van der Waals surface area contributed by atoms with Crippen molar-refractivity contribution in [2.24, 2.45) is 0 Å². The highest BCUT2D eigenvalue weighted by molar-refractivity contribution is 8.00. The van der Waals surface area contributed by atoms with Crippen LogP contribution in [0.2, 0.25) is 0 Å². The maximum absolute atomic E-state index is 12.2. The molecule has 2 aromatic rings. The number of H-pyrrole nitrogens is 1. The molecule has 0 fully saturated rings. The second kappa shape index (κ2) is 7.74. The lowest BCUT2D eigenvalue weighted by atomic mass is 10.1. The predicted octanol–water partition coefficient (Wildman–Crippen LogP) is 2.08. The van der Waals surface area contributed by atoms with Crippen LogP contribution in [0.15, 0.2) is 28.0 Å². The van der Waals surface area contributed by atoms with Gasteiger partial charge in [-0.05, 0) is 49.4 Å². The molecule has 1 amide bonds. The van der Waals surface area contributed by atoms with Gasteiger partial charge in [-0.1, -0.05) is 17.8 Å². The number of ether oxygens (including phenoxy) is 1. The van der Waals surface area contributed by atoms with Crippen molar-refractivity contribution in [1.82, 2.24) is 9.97 Å². The van der Waals surface area contributed by atoms with Crippen LogP contribution < -0.4 is 11.0 Å². The van der Waals surface area contributed by atoms with E-state index in [-0.39, 0.29) is 22.2 Å². The molecule has 8 heteroatoms. The van der Waals surface area contributed by atoms with Gasteiger partial charge in [0.25, 0.3) is 0 Å². The van der Waals surface area contributed by atoms with E-state index in [2.05, 4.69) is 15.3 Å². The first kappa shape index (κ1) is 18.2. The van der Waals surface area contributed by atoms with Crippen molar-refractivity contribution in [3.8, 4) is 0 Å². The van der Waals surface area contributed by atoms with Crippen LogP contribution in [0.25, 0.3) is 0 Å². The second-order valence-corrected chi connectivity index (χ2v) is 6.98. The minimum Gasteiger partial charge on any atom is -0.465 e. The van der Waals surface area contributed by atoms with Crippen molar-refractivity contribution in [3.63, 3.8) is 0 Å². The van der Waals surface area contributed by atoms with Crippen molar-refractivity contribution in [2.75, 3.05) is 18.2 Å². The smallest absolute Gasteiger partial charge is 0.346 e. The van der Waals surface area contributed by atoms with Gasteiger partial charge in [0, 0.05) is 11.4 Å². The third-order valence-corrected chi connectivity index (χ3v) is 5.17. The number of rotatable bonds is 5. The molecule has 0 bridgehead atoms. The largest absolute Gasteiger partial charge is 0.465 e. The molecule has 26 heavy (non-hydrogen) atoms. The minimum absolute atomic E-state index is 0.0248. The van der Waals surface area contributed by atoms with Gasteiger partial charge < -0.3 is 15.0 Å². The molecule has 1 aliphatic rings. The fourth-order valence-electron chi connectivity index (χ4n) is 2.99. The lowest BCUT2D eigenvalue weighted by Crippen LogP contribution is -2.20. The maximum Gasteiger partial charge on any atom is 0.346 e. The van der Waals surface area contributed by atoms with E-state index < -0.39 is 11.7 Å². The molecule has 2 N–H and O–H groups in total. The zero-order chi connectivity index (χ0) is 18.7. The number of aromatic nitrogens is 2. The predicted molar refractivity (Wildman–Crippen MR) is 98.8 cm³/mol. The Morgan fingerprint density at radius 2 is 2.08 bits per heavy atom. The van der Waals surface area contributed by atoms with E-state index >= 15 is 0 Å². The highest BCUT2D eigenvalue weighted by Gasteiger charge is 2.19. The Labute approximate surface area is 154 Å². The summed E-state index contributed by atoms with van der Waals surface area (Å²) >= 11 is 1.03. The van der Waals surface area contributed by atoms with E-state index in [1.807, 2.05) is 18.2 Å². The number of aromatic amines is 1. The number of thioether (sulfide) groups is 1. The number of nitrogens with zero attached hydrogens (tertiary/aromatic N) is 1. The molecule has 0 unspecified atom stereocenters. The molecule has 7 nitrogen and oxygen atoms in total. The standard InChI is InChI=1S/C18H19N3O4S/c1-10-15(17(23)25-2)16(21-18(24)19-10)26-9-14(22)20-13-7-6-11-4-3-5-12(11)8-13/h6-8H,3-5,9H2,1-2H3,(H,20,22)(H,19,21,24). The number of hydrogen-bond donors (Lipinski definition) is 2. The van der Waals surface area contributed by atoms with Crippen molar-refractivity contribution in [3.05, 3.63) is 51.1 Å². The van der Waals surface area contributed by atoms with Gasteiger partial charge in [-0.2, -0.15) is 4.98 Å². The fourth-order valence-corrected chi connectivity index (χ4v) is 3.86. The number of nitrogens with one attached hydrogen (secondary N) is 2. The van der Waals surface area contributed by atoms with Gasteiger partial charge in [-0.3, -0.25) is 4.79 Å². The maximum atomic E-state index is 12.2. The van der Waals surface area contributed by atoms with Gasteiger partial charge in [0.1, 0.15) is 10.6 Å². The summed E-state index contributed by atoms with van der Waals surface area (Å²) in [5.41, 5.74) is 3.32. The van der Waals surface area contributed by atoms with Crippen molar-refractivity contribution in [2.45, 2.75) is 31.2 Å². The Morgan fingerprint density at radius 3 is 2.85 bits per heavy atom. The van der Waals surface area contributed by atoms with Crippen molar-refractivity contribution < 1.29 is 14.3 Å². The van der Waals surface area contributed by atoms with E-state index in [1.54, 1.807) is 6.92 Å². The zero-order valence-electron chi connectivity index (χ0n) is 14.5. The molecule has 136 valence electrons. The molecule has 0 radical (unpaired) electrons. The lowest BCUT2D eigenvalue weighted by molar-refractivity contribution is -0.113. The Balaban J connectivity index is 1.70. The van der Waals surface area contributed by atoms with Crippen LogP contribution in [-0.2, 0) is 22.4 Å². The van der Waals surface area contributed by atoms with Crippen LogP contribution in [0.1, 0.15) is 33.6 Å². The van der Waals surface area contributed by atoms with Crippen LogP contribution in [0.5, 0.6) is 0 Å². The van der Waals surface area contributed by atoms with E-state index in [0.29, 0.717) is 5.69 Å². The molecule has 1 aromatic heterocycles. The average Bonchev–Trinajstić information content (AvgIpc) is 3.06. The molecular weight excluding hydrogens is 354 g/mol. The number of benzene rings is 1. The van der Waals surface area contributed by atoms with Crippen molar-refractivity contribution in [1.29, 1.82) is 0 Å². The van der Waals surface area contributed by atoms with Gasteiger partial charge in [-0.25, -0.2) is 9.59 Å². The number of aryl methyl sites for hydroxylation is 3. The summed E-state index contributed by atoms with van der Waals surface area (Å²) in [6.07, 6.45) is 3.27. The van der Waals surface area contributed by atoms with Gasteiger partial charge in [0.2, 0.25) is 5.91 Å². The second-order valence-electron chi connectivity index (χ2n) is 6.01. The third kappa shape index (κ3) is 3.96. The molecule has 1 heterocycles. The number of anilines is 1. The Morgan fingerprint density at radius 1 is 1.31 bits per heavy atom. The summed E-state index contributed by atoms with van der Waals surface area (Å²) in [4.78, 5) is 42.0. The summed E-state index contributed by atoms with van der Waals surface area (Å²) in [6, 6.07) is 5.94. The Bertz CT molecular complexity index is 923. The van der Waals surface area contributed by atoms with Crippen LogP contribution in [0.4, 0.5) is 5.69 Å². The molecule has 0 saturated heterocycles. The van der Waals surface area contributed by atoms with Crippen LogP contribution in [0, 0.1) is 6.92 Å². The fraction of sp³-hybridized carbons (Fsp3) is 0.333. The summed E-state index contributed by atoms with van der Waals surface area (Å²) in [5.74, 6) is -0.812. The van der Waals surface area contributed by atoms with Gasteiger partial charge in [0.15, 0.2) is 0 Å². The van der Waals surface area contributed by atoms with Crippen LogP contribution >= 0.6 is 11.8 Å². The highest BCUT2D eigenvalue weighted by atomic mass is 32.2. The van der Waals surface area contributed by atoms with E-state index in [1.165, 1.54) is 18.2 Å². The molecule has 0 aliphatic heterocycles.